The SMILES string of the molecule is CC/C=C\C/C=C\C/C=C\C/C=C\CCCCC(=O)OC(COCCCCCCCCCCCCCCCCCCCCCC)COC(=O)CCCCCCCCCCC/C=C\C/C=C\CCCCC. The second kappa shape index (κ2) is 60.6. The zero-order valence-electron chi connectivity index (χ0n) is 46.8. The smallest absolute Gasteiger partial charge is 0.306 e. The van der Waals surface area contributed by atoms with Gasteiger partial charge in [-0.15, -0.1) is 0 Å². The predicted molar refractivity (Wildman–Crippen MR) is 307 cm³/mol. The molecular weight excluding hydrogens is 861 g/mol. The minimum Gasteiger partial charge on any atom is -0.462 e. The molecule has 0 aliphatic carbocycles. The molecule has 0 fully saturated rings. The van der Waals surface area contributed by atoms with Crippen LogP contribution in [0.1, 0.15) is 303 Å². The Labute approximate surface area is 436 Å². The van der Waals surface area contributed by atoms with Crippen LogP contribution in [-0.4, -0.2) is 37.9 Å². The van der Waals surface area contributed by atoms with Gasteiger partial charge in [-0.1, -0.05) is 273 Å². The van der Waals surface area contributed by atoms with Crippen molar-refractivity contribution in [3.05, 3.63) is 72.9 Å². The van der Waals surface area contributed by atoms with E-state index in [1.807, 2.05) is 0 Å². The molecule has 0 saturated carbocycles. The number of carbonyl (C=O) groups excluding carboxylic acids is 2. The maximum Gasteiger partial charge on any atom is 0.306 e. The Morgan fingerprint density at radius 1 is 0.329 bits per heavy atom. The molecule has 1 unspecified atom stereocenters. The molecule has 0 aliphatic rings. The number of rotatable bonds is 56. The average Bonchev–Trinajstić information content (AvgIpc) is 3.36. The Morgan fingerprint density at radius 3 is 1.09 bits per heavy atom. The minimum absolute atomic E-state index is 0.0672. The molecule has 0 N–H and O–H groups in total. The summed E-state index contributed by atoms with van der Waals surface area (Å²) in [5, 5.41) is 0. The molecule has 1 atom stereocenters. The monoisotopic (exact) mass is 977 g/mol. The largest absolute Gasteiger partial charge is 0.462 e. The van der Waals surface area contributed by atoms with Crippen molar-refractivity contribution in [2.24, 2.45) is 0 Å². The molecule has 70 heavy (non-hydrogen) atoms. The Balaban J connectivity index is 4.28. The highest BCUT2D eigenvalue weighted by atomic mass is 16.6. The Bertz CT molecular complexity index is 1240. The van der Waals surface area contributed by atoms with E-state index in [9.17, 15) is 9.59 Å². The maximum atomic E-state index is 12.9. The zero-order valence-corrected chi connectivity index (χ0v) is 46.8. The lowest BCUT2D eigenvalue weighted by Gasteiger charge is -2.18. The van der Waals surface area contributed by atoms with Gasteiger partial charge in [0.05, 0.1) is 6.61 Å². The fourth-order valence-corrected chi connectivity index (χ4v) is 8.71. The fourth-order valence-electron chi connectivity index (χ4n) is 8.71. The van der Waals surface area contributed by atoms with Gasteiger partial charge >= 0.3 is 11.9 Å². The van der Waals surface area contributed by atoms with E-state index < -0.39 is 6.10 Å². The Hall–Kier alpha value is -2.66. The maximum absolute atomic E-state index is 12.9. The van der Waals surface area contributed by atoms with Crippen LogP contribution >= 0.6 is 0 Å². The quantitative estimate of drug-likeness (QED) is 0.0345. The van der Waals surface area contributed by atoms with Crippen molar-refractivity contribution >= 4 is 11.9 Å². The van der Waals surface area contributed by atoms with Crippen LogP contribution in [0.2, 0.25) is 0 Å². The zero-order chi connectivity index (χ0) is 50.6. The third-order valence-electron chi connectivity index (χ3n) is 13.2. The number of hydrogen-bond donors (Lipinski definition) is 0. The van der Waals surface area contributed by atoms with Crippen LogP contribution in [0.3, 0.4) is 0 Å². The molecule has 0 aromatic heterocycles. The van der Waals surface area contributed by atoms with Crippen molar-refractivity contribution in [3.8, 4) is 0 Å². The van der Waals surface area contributed by atoms with Gasteiger partial charge in [-0.05, 0) is 89.9 Å². The molecule has 5 nitrogen and oxygen atoms in total. The van der Waals surface area contributed by atoms with E-state index in [0.717, 1.165) is 83.5 Å². The number of allylic oxidation sites excluding steroid dienone is 12. The summed E-state index contributed by atoms with van der Waals surface area (Å²) in [6.07, 6.45) is 79.4. The van der Waals surface area contributed by atoms with Crippen molar-refractivity contribution in [2.45, 2.75) is 309 Å². The van der Waals surface area contributed by atoms with Crippen LogP contribution in [0.25, 0.3) is 0 Å². The number of ether oxygens (including phenoxy) is 3. The van der Waals surface area contributed by atoms with Gasteiger partial charge in [-0.25, -0.2) is 0 Å². The van der Waals surface area contributed by atoms with E-state index >= 15 is 0 Å². The van der Waals surface area contributed by atoms with Crippen LogP contribution < -0.4 is 0 Å². The van der Waals surface area contributed by atoms with Gasteiger partial charge < -0.3 is 14.2 Å². The first-order chi connectivity index (χ1) is 34.6. The Morgan fingerprint density at radius 2 is 0.643 bits per heavy atom. The second-order valence-electron chi connectivity index (χ2n) is 20.2. The summed E-state index contributed by atoms with van der Waals surface area (Å²) in [4.78, 5) is 25.5. The third-order valence-corrected chi connectivity index (χ3v) is 13.2. The topological polar surface area (TPSA) is 61.8 Å². The van der Waals surface area contributed by atoms with Gasteiger partial charge in [-0.3, -0.25) is 9.59 Å². The van der Waals surface area contributed by atoms with Crippen LogP contribution in [0, 0.1) is 0 Å². The summed E-state index contributed by atoms with van der Waals surface area (Å²) in [7, 11) is 0. The van der Waals surface area contributed by atoms with Gasteiger partial charge in [0, 0.05) is 19.4 Å². The van der Waals surface area contributed by atoms with Crippen LogP contribution in [0.5, 0.6) is 0 Å². The molecule has 0 bridgehead atoms. The lowest BCUT2D eigenvalue weighted by Crippen LogP contribution is -2.30. The lowest BCUT2D eigenvalue weighted by atomic mass is 10.0. The molecule has 0 spiro atoms. The molecule has 0 aromatic rings. The summed E-state index contributed by atoms with van der Waals surface area (Å²) in [6, 6.07) is 0. The number of esters is 2. The second-order valence-corrected chi connectivity index (χ2v) is 20.2. The molecule has 406 valence electrons. The highest BCUT2D eigenvalue weighted by Crippen LogP contribution is 2.16. The van der Waals surface area contributed by atoms with E-state index in [4.69, 9.17) is 14.2 Å². The van der Waals surface area contributed by atoms with Gasteiger partial charge in [0.2, 0.25) is 0 Å². The lowest BCUT2D eigenvalue weighted by molar-refractivity contribution is -0.163. The highest BCUT2D eigenvalue weighted by molar-refractivity contribution is 5.70. The number of unbranched alkanes of at least 4 members (excludes halogenated alkanes) is 33. The van der Waals surface area contributed by atoms with E-state index in [1.165, 1.54) is 186 Å². The minimum atomic E-state index is -0.561. The highest BCUT2D eigenvalue weighted by Gasteiger charge is 2.17. The predicted octanol–water partition coefficient (Wildman–Crippen LogP) is 21.0. The van der Waals surface area contributed by atoms with Crippen molar-refractivity contribution in [2.75, 3.05) is 19.8 Å². The summed E-state index contributed by atoms with van der Waals surface area (Å²) >= 11 is 0. The third kappa shape index (κ3) is 57.9. The fraction of sp³-hybridized carbons (Fsp3) is 0.785. The standard InChI is InChI=1S/C65H116O5/c1-4-7-10-13-16-19-22-25-28-30-32-34-36-39-42-45-48-51-54-57-60-68-61-63(70-65(67)59-56-53-50-47-44-41-37-27-24-21-18-15-12-9-6-3)62-69-64(66)58-55-52-49-46-43-40-38-35-33-31-29-26-23-20-17-14-11-8-5-2/h9,12,17-18,20-21,26-27,29,37,44,47,63H,4-8,10-11,13-16,19,22-25,28,30-36,38-43,45-46,48-62H2,1-3H3/b12-9-,20-17-,21-18-,29-26-,37-27-,47-44-. The molecule has 0 amide bonds. The summed E-state index contributed by atoms with van der Waals surface area (Å²) in [5.41, 5.74) is 0. The van der Waals surface area contributed by atoms with Crippen LogP contribution in [-0.2, 0) is 23.8 Å². The van der Waals surface area contributed by atoms with E-state index in [-0.39, 0.29) is 25.2 Å². The van der Waals surface area contributed by atoms with E-state index in [0.29, 0.717) is 19.4 Å². The van der Waals surface area contributed by atoms with Gasteiger partial charge in [0.25, 0.3) is 0 Å². The summed E-state index contributed by atoms with van der Waals surface area (Å²) in [6.45, 7) is 7.69. The molecule has 0 heterocycles. The van der Waals surface area contributed by atoms with Gasteiger partial charge in [-0.2, -0.15) is 0 Å². The molecule has 0 aromatic carbocycles. The first kappa shape index (κ1) is 67.3. The van der Waals surface area contributed by atoms with E-state index in [1.54, 1.807) is 0 Å². The first-order valence-electron chi connectivity index (χ1n) is 30.5. The van der Waals surface area contributed by atoms with Crippen molar-refractivity contribution < 1.29 is 23.8 Å². The van der Waals surface area contributed by atoms with Crippen molar-refractivity contribution in [1.29, 1.82) is 0 Å². The van der Waals surface area contributed by atoms with Gasteiger partial charge in [0.15, 0.2) is 6.10 Å². The van der Waals surface area contributed by atoms with Crippen LogP contribution in [0.15, 0.2) is 72.9 Å². The Kier molecular flexibility index (Phi) is 58.3. The average molecular weight is 978 g/mol. The van der Waals surface area contributed by atoms with Crippen LogP contribution in [0.4, 0.5) is 0 Å². The summed E-state index contributed by atoms with van der Waals surface area (Å²) in [5.74, 6) is -0.438. The number of carbonyl (C=O) groups is 2. The van der Waals surface area contributed by atoms with Gasteiger partial charge in [0.1, 0.15) is 6.61 Å². The normalized spacial score (nSPS) is 12.7. The molecule has 0 rings (SSSR count). The summed E-state index contributed by atoms with van der Waals surface area (Å²) < 4.78 is 17.5. The van der Waals surface area contributed by atoms with Crippen molar-refractivity contribution in [1.82, 2.24) is 0 Å². The van der Waals surface area contributed by atoms with Crippen molar-refractivity contribution in [3.63, 3.8) is 0 Å². The molecule has 0 aliphatic heterocycles. The molecular formula is C65H116O5. The molecule has 5 heteroatoms. The van der Waals surface area contributed by atoms with E-state index in [2.05, 4.69) is 93.7 Å². The molecule has 0 saturated heterocycles. The molecule has 0 radical (unpaired) electrons. The number of hydrogen-bond acceptors (Lipinski definition) is 5. The first-order valence-corrected chi connectivity index (χ1v) is 30.5.